The van der Waals surface area contributed by atoms with Crippen molar-refractivity contribution in [2.75, 3.05) is 6.61 Å². The number of alkyl halides is 5. The van der Waals surface area contributed by atoms with Crippen LogP contribution in [0.5, 0.6) is 11.5 Å². The summed E-state index contributed by atoms with van der Waals surface area (Å²) in [5.74, 6) is -1.03. The van der Waals surface area contributed by atoms with Gasteiger partial charge in [0.25, 0.3) is 0 Å². The summed E-state index contributed by atoms with van der Waals surface area (Å²) in [6, 6.07) is 10.3. The van der Waals surface area contributed by atoms with E-state index >= 15 is 0 Å². The average Bonchev–Trinajstić information content (AvgIpc) is 2.66. The van der Waals surface area contributed by atoms with Gasteiger partial charge in [0.2, 0.25) is 0 Å². The maximum absolute atomic E-state index is 14.4. The van der Waals surface area contributed by atoms with Crippen molar-refractivity contribution in [1.82, 2.24) is 0 Å². The van der Waals surface area contributed by atoms with Crippen LogP contribution in [0.3, 0.4) is 0 Å². The molecule has 0 amide bonds. The summed E-state index contributed by atoms with van der Waals surface area (Å²) >= 11 is 0. The first-order valence-corrected chi connectivity index (χ1v) is 8.93. The zero-order valence-electron chi connectivity index (χ0n) is 15.7. The third kappa shape index (κ3) is 8.10. The highest BCUT2D eigenvalue weighted by molar-refractivity contribution is 5.85. The number of carbonyl (C=O) groups is 1. The van der Waals surface area contributed by atoms with E-state index in [9.17, 15) is 26.7 Å². The lowest BCUT2D eigenvalue weighted by molar-refractivity contribution is -0.185. The van der Waals surface area contributed by atoms with Gasteiger partial charge in [-0.05, 0) is 60.9 Å². The lowest BCUT2D eigenvalue weighted by Crippen LogP contribution is -2.21. The number of carboxylic acid groups (broad SMARTS) is 1. The third-order valence-electron chi connectivity index (χ3n) is 3.83. The molecule has 0 aliphatic rings. The summed E-state index contributed by atoms with van der Waals surface area (Å²) in [5.41, 5.74) is -0.188. The van der Waals surface area contributed by atoms with Gasteiger partial charge < -0.3 is 14.6 Å². The van der Waals surface area contributed by atoms with Crippen LogP contribution in [0, 0.1) is 0 Å². The molecule has 0 unspecified atom stereocenters. The number of unbranched alkanes of at least 4 members (excludes halogenated alkanes) is 1. The van der Waals surface area contributed by atoms with Gasteiger partial charge in [0.15, 0.2) is 0 Å². The van der Waals surface area contributed by atoms with Gasteiger partial charge in [-0.2, -0.15) is 22.0 Å². The standard InChI is InChI=1S/C21H19F5O4/c22-20(23,24)12-1-2-13-29-17-7-9-18(10-8-17)30-21(25,26)16-5-3-4-15(14-16)6-11-19(27)28/h3-11,14H,1-2,12-13H2,(H,27,28)/b11-6+. The molecular formula is C21H19F5O4. The highest BCUT2D eigenvalue weighted by Crippen LogP contribution is 2.33. The zero-order chi connectivity index (χ0) is 22.2. The Morgan fingerprint density at radius 2 is 1.63 bits per heavy atom. The Balaban J connectivity index is 1.92. The van der Waals surface area contributed by atoms with Gasteiger partial charge in [0.1, 0.15) is 11.5 Å². The molecule has 0 bridgehead atoms. The van der Waals surface area contributed by atoms with Crippen molar-refractivity contribution >= 4 is 12.0 Å². The molecule has 2 aromatic carbocycles. The maximum Gasteiger partial charge on any atom is 0.426 e. The van der Waals surface area contributed by atoms with Crippen molar-refractivity contribution in [2.45, 2.75) is 31.5 Å². The molecule has 4 nitrogen and oxygen atoms in total. The summed E-state index contributed by atoms with van der Waals surface area (Å²) in [5, 5.41) is 8.62. The Bertz CT molecular complexity index is 860. The van der Waals surface area contributed by atoms with Crippen molar-refractivity contribution in [2.24, 2.45) is 0 Å². The predicted octanol–water partition coefficient (Wildman–Crippen LogP) is 6.02. The third-order valence-corrected chi connectivity index (χ3v) is 3.83. The van der Waals surface area contributed by atoms with Crippen molar-refractivity contribution in [3.8, 4) is 11.5 Å². The second kappa shape index (κ2) is 10.1. The minimum Gasteiger partial charge on any atom is -0.494 e. The number of hydrogen-bond acceptors (Lipinski definition) is 3. The second-order valence-corrected chi connectivity index (χ2v) is 6.31. The number of aliphatic carboxylic acids is 1. The number of benzene rings is 2. The molecule has 2 rings (SSSR count). The van der Waals surface area contributed by atoms with Gasteiger partial charge in [-0.15, -0.1) is 0 Å². The topological polar surface area (TPSA) is 55.8 Å². The molecule has 0 spiro atoms. The summed E-state index contributed by atoms with van der Waals surface area (Å²) in [6.07, 6.45) is -6.59. The van der Waals surface area contributed by atoms with Crippen LogP contribution in [-0.2, 0) is 10.9 Å². The zero-order valence-corrected chi connectivity index (χ0v) is 15.7. The number of carboxylic acids is 1. The van der Waals surface area contributed by atoms with E-state index in [1.165, 1.54) is 42.5 Å². The Labute approximate surface area is 169 Å². The normalized spacial score (nSPS) is 12.2. The van der Waals surface area contributed by atoms with Gasteiger partial charge in [0.05, 0.1) is 12.2 Å². The van der Waals surface area contributed by atoms with E-state index in [1.54, 1.807) is 0 Å². The summed E-state index contributed by atoms with van der Waals surface area (Å²) in [7, 11) is 0. The number of ether oxygens (including phenoxy) is 2. The molecule has 0 aliphatic carbocycles. The van der Waals surface area contributed by atoms with Crippen LogP contribution in [0.4, 0.5) is 22.0 Å². The van der Waals surface area contributed by atoms with Gasteiger partial charge in [0, 0.05) is 12.5 Å². The largest absolute Gasteiger partial charge is 0.494 e. The fourth-order valence-corrected chi connectivity index (χ4v) is 2.42. The molecule has 0 heterocycles. The van der Waals surface area contributed by atoms with Crippen LogP contribution >= 0.6 is 0 Å². The number of rotatable bonds is 10. The monoisotopic (exact) mass is 430 g/mol. The lowest BCUT2D eigenvalue weighted by atomic mass is 10.1. The van der Waals surface area contributed by atoms with E-state index in [-0.39, 0.29) is 30.8 Å². The van der Waals surface area contributed by atoms with Gasteiger partial charge in [-0.1, -0.05) is 12.1 Å². The first kappa shape index (κ1) is 23.2. The van der Waals surface area contributed by atoms with Crippen LogP contribution in [0.1, 0.15) is 30.4 Å². The predicted molar refractivity (Wildman–Crippen MR) is 99.5 cm³/mol. The molecule has 0 saturated carbocycles. The lowest BCUT2D eigenvalue weighted by Gasteiger charge is -2.19. The van der Waals surface area contributed by atoms with Gasteiger partial charge in [-0.25, -0.2) is 4.79 Å². The van der Waals surface area contributed by atoms with E-state index in [0.717, 1.165) is 18.2 Å². The number of hydrogen-bond donors (Lipinski definition) is 1. The number of halogens is 5. The van der Waals surface area contributed by atoms with Crippen molar-refractivity contribution in [3.05, 3.63) is 65.7 Å². The molecule has 0 atom stereocenters. The van der Waals surface area contributed by atoms with Crippen molar-refractivity contribution in [1.29, 1.82) is 0 Å². The summed E-state index contributed by atoms with van der Waals surface area (Å²) in [4.78, 5) is 10.5. The van der Waals surface area contributed by atoms with E-state index < -0.39 is 30.2 Å². The van der Waals surface area contributed by atoms with E-state index in [1.807, 2.05) is 0 Å². The smallest absolute Gasteiger partial charge is 0.426 e. The quantitative estimate of drug-likeness (QED) is 0.284. The maximum atomic E-state index is 14.4. The molecule has 0 fully saturated rings. The van der Waals surface area contributed by atoms with Crippen LogP contribution in [0.2, 0.25) is 0 Å². The van der Waals surface area contributed by atoms with Crippen LogP contribution in [0.25, 0.3) is 6.08 Å². The van der Waals surface area contributed by atoms with Gasteiger partial charge >= 0.3 is 18.3 Å². The fourth-order valence-electron chi connectivity index (χ4n) is 2.42. The highest BCUT2D eigenvalue weighted by atomic mass is 19.4. The second-order valence-electron chi connectivity index (χ2n) is 6.31. The molecule has 0 radical (unpaired) electrons. The van der Waals surface area contributed by atoms with Crippen molar-refractivity contribution in [3.63, 3.8) is 0 Å². The molecule has 162 valence electrons. The van der Waals surface area contributed by atoms with E-state index in [0.29, 0.717) is 5.75 Å². The molecule has 30 heavy (non-hydrogen) atoms. The first-order valence-electron chi connectivity index (χ1n) is 8.93. The molecule has 9 heteroatoms. The molecule has 0 aromatic heterocycles. The SMILES string of the molecule is O=C(O)/C=C/c1cccc(C(F)(F)Oc2ccc(OCCCCC(F)(F)F)cc2)c1. The Morgan fingerprint density at radius 3 is 2.27 bits per heavy atom. The average molecular weight is 430 g/mol. The minimum absolute atomic E-state index is 0.0579. The minimum atomic E-state index is -4.20. The molecule has 1 N–H and O–H groups in total. The summed E-state index contributed by atoms with van der Waals surface area (Å²) < 4.78 is 75.0. The first-order chi connectivity index (χ1) is 14.0. The fraction of sp³-hybridized carbons (Fsp3) is 0.286. The molecule has 0 saturated heterocycles. The Morgan fingerprint density at radius 1 is 0.967 bits per heavy atom. The van der Waals surface area contributed by atoms with Crippen LogP contribution in [0.15, 0.2) is 54.6 Å². The summed E-state index contributed by atoms with van der Waals surface area (Å²) in [6.45, 7) is 0.0725. The molecule has 2 aromatic rings. The van der Waals surface area contributed by atoms with E-state index in [4.69, 9.17) is 14.6 Å². The highest BCUT2D eigenvalue weighted by Gasteiger charge is 2.34. The van der Waals surface area contributed by atoms with Gasteiger partial charge in [-0.3, -0.25) is 0 Å². The van der Waals surface area contributed by atoms with E-state index in [2.05, 4.69) is 0 Å². The Kier molecular flexibility index (Phi) is 7.79. The van der Waals surface area contributed by atoms with Crippen LogP contribution < -0.4 is 9.47 Å². The molecule has 0 aliphatic heterocycles. The van der Waals surface area contributed by atoms with Crippen molar-refractivity contribution < 1.29 is 41.3 Å². The molecular weight excluding hydrogens is 411 g/mol. The Hall–Kier alpha value is -3.10. The van der Waals surface area contributed by atoms with Crippen LogP contribution in [-0.4, -0.2) is 23.9 Å².